The lowest BCUT2D eigenvalue weighted by Crippen LogP contribution is -2.27. The molecule has 2 heterocycles. The maximum atomic E-state index is 8.75. The molecule has 1 aliphatic carbocycles. The van der Waals surface area contributed by atoms with Crippen molar-refractivity contribution in [1.82, 2.24) is 19.9 Å². The van der Waals surface area contributed by atoms with Gasteiger partial charge in [-0.3, -0.25) is 0 Å². The monoisotopic (exact) mass is 323 g/mol. The van der Waals surface area contributed by atoms with Gasteiger partial charge in [0.25, 0.3) is 0 Å². The van der Waals surface area contributed by atoms with Crippen LogP contribution in [0.2, 0.25) is 0 Å². The zero-order valence-electron chi connectivity index (χ0n) is 13.8. The predicted octanol–water partition coefficient (Wildman–Crippen LogP) is 2.90. The number of nitriles is 1. The minimum absolute atomic E-state index is 0.288. The highest BCUT2D eigenvalue weighted by molar-refractivity contribution is 5.55. The Morgan fingerprint density at radius 2 is 1.96 bits per heavy atom. The van der Waals surface area contributed by atoms with Crippen LogP contribution in [0.5, 0.6) is 0 Å². The van der Waals surface area contributed by atoms with Crippen LogP contribution in [0.25, 0.3) is 0 Å². The molecule has 0 amide bonds. The Hall–Kier alpha value is -2.75. The van der Waals surface area contributed by atoms with Crippen LogP contribution in [-0.4, -0.2) is 33.5 Å². The van der Waals surface area contributed by atoms with E-state index in [1.807, 2.05) is 12.1 Å². The second kappa shape index (κ2) is 7.68. The lowest BCUT2D eigenvalue weighted by Gasteiger charge is -2.27. The van der Waals surface area contributed by atoms with Crippen molar-refractivity contribution >= 4 is 17.5 Å². The van der Waals surface area contributed by atoms with Gasteiger partial charge in [-0.2, -0.15) is 5.26 Å². The topological polar surface area (TPSA) is 90.6 Å². The highest BCUT2D eigenvalue weighted by Gasteiger charge is 2.16. The van der Waals surface area contributed by atoms with E-state index in [0.29, 0.717) is 11.6 Å². The summed E-state index contributed by atoms with van der Waals surface area (Å²) in [4.78, 5) is 18.9. The van der Waals surface area contributed by atoms with Crippen molar-refractivity contribution in [2.75, 3.05) is 23.8 Å². The van der Waals surface area contributed by atoms with Crippen LogP contribution < -0.4 is 10.2 Å². The molecule has 24 heavy (non-hydrogen) atoms. The molecular formula is C17H21N7. The summed E-state index contributed by atoms with van der Waals surface area (Å²) in [5.41, 5.74) is 0.288. The summed E-state index contributed by atoms with van der Waals surface area (Å²) in [5, 5.41) is 11.8. The van der Waals surface area contributed by atoms with E-state index in [1.165, 1.54) is 44.5 Å². The summed E-state index contributed by atoms with van der Waals surface area (Å²) in [6.45, 7) is 1.02. The Bertz CT molecular complexity index is 702. The minimum atomic E-state index is 0.288. The van der Waals surface area contributed by atoms with Gasteiger partial charge in [0.1, 0.15) is 29.9 Å². The molecule has 2 aromatic rings. The molecule has 0 radical (unpaired) electrons. The third-order valence-corrected chi connectivity index (χ3v) is 4.32. The summed E-state index contributed by atoms with van der Waals surface area (Å²) < 4.78 is 0. The van der Waals surface area contributed by atoms with E-state index in [-0.39, 0.29) is 5.69 Å². The smallest absolute Gasteiger partial charge is 0.158 e. The molecule has 0 spiro atoms. The van der Waals surface area contributed by atoms with Crippen molar-refractivity contribution in [3.8, 4) is 6.07 Å². The van der Waals surface area contributed by atoms with Crippen molar-refractivity contribution in [2.45, 2.75) is 32.1 Å². The number of nitrogens with one attached hydrogen (secondary N) is 1. The van der Waals surface area contributed by atoms with Crippen LogP contribution in [-0.2, 0) is 0 Å². The second-order valence-electron chi connectivity index (χ2n) is 6.17. The van der Waals surface area contributed by atoms with Gasteiger partial charge in [-0.25, -0.2) is 19.9 Å². The molecule has 0 aromatic carbocycles. The molecule has 0 unspecified atom stereocenters. The fraction of sp³-hybridized carbons (Fsp3) is 0.471. The lowest BCUT2D eigenvalue weighted by molar-refractivity contribution is 0.361. The normalized spacial score (nSPS) is 14.8. The maximum Gasteiger partial charge on any atom is 0.158 e. The fourth-order valence-corrected chi connectivity index (χ4v) is 3.06. The Labute approximate surface area is 141 Å². The molecule has 7 heteroatoms. The number of rotatable bonds is 5. The molecule has 2 aromatic heterocycles. The van der Waals surface area contributed by atoms with Gasteiger partial charge in [-0.1, -0.05) is 19.3 Å². The number of aromatic nitrogens is 4. The van der Waals surface area contributed by atoms with Crippen molar-refractivity contribution < 1.29 is 0 Å². The van der Waals surface area contributed by atoms with Crippen LogP contribution in [0.1, 0.15) is 37.8 Å². The van der Waals surface area contributed by atoms with E-state index in [4.69, 9.17) is 5.26 Å². The average molecular weight is 323 g/mol. The molecule has 1 N–H and O–H groups in total. The zero-order chi connectivity index (χ0) is 16.8. The summed E-state index contributed by atoms with van der Waals surface area (Å²) in [5.74, 6) is 2.85. The van der Waals surface area contributed by atoms with Gasteiger partial charge in [0, 0.05) is 19.7 Å². The van der Waals surface area contributed by atoms with E-state index < -0.39 is 0 Å². The molecule has 1 fully saturated rings. The minimum Gasteiger partial charge on any atom is -0.359 e. The standard InChI is InChI=1S/C17H21N7/c1-24(11-13-5-3-2-4-6-13)17-7-15(21-12-22-17)23-16-10-19-14(8-18)9-20-16/h7,9-10,12-13H,2-6,11H2,1H3,(H,20,21,22,23). The molecule has 124 valence electrons. The Kier molecular flexibility index (Phi) is 5.16. The lowest BCUT2D eigenvalue weighted by atomic mass is 9.89. The van der Waals surface area contributed by atoms with Gasteiger partial charge in [0.15, 0.2) is 5.69 Å². The first-order valence-corrected chi connectivity index (χ1v) is 8.27. The van der Waals surface area contributed by atoms with Crippen LogP contribution in [0, 0.1) is 17.2 Å². The van der Waals surface area contributed by atoms with Gasteiger partial charge in [0.2, 0.25) is 0 Å². The van der Waals surface area contributed by atoms with Gasteiger partial charge in [-0.15, -0.1) is 0 Å². The van der Waals surface area contributed by atoms with E-state index in [2.05, 4.69) is 37.2 Å². The van der Waals surface area contributed by atoms with Gasteiger partial charge in [0.05, 0.1) is 12.4 Å². The maximum absolute atomic E-state index is 8.75. The molecule has 0 aliphatic heterocycles. The van der Waals surface area contributed by atoms with Crippen molar-refractivity contribution in [3.63, 3.8) is 0 Å². The molecule has 0 atom stereocenters. The third kappa shape index (κ3) is 4.16. The van der Waals surface area contributed by atoms with E-state index in [9.17, 15) is 0 Å². The molecule has 1 aliphatic rings. The third-order valence-electron chi connectivity index (χ3n) is 4.32. The highest BCUT2D eigenvalue weighted by Crippen LogP contribution is 2.25. The largest absolute Gasteiger partial charge is 0.359 e. The quantitative estimate of drug-likeness (QED) is 0.904. The van der Waals surface area contributed by atoms with Crippen molar-refractivity contribution in [3.05, 3.63) is 30.5 Å². The first-order valence-electron chi connectivity index (χ1n) is 8.27. The van der Waals surface area contributed by atoms with E-state index >= 15 is 0 Å². The number of nitrogens with zero attached hydrogens (tertiary/aromatic N) is 6. The SMILES string of the molecule is CN(CC1CCCCC1)c1cc(Nc2cnc(C#N)cn2)ncn1. The summed E-state index contributed by atoms with van der Waals surface area (Å²) in [6, 6.07) is 3.85. The van der Waals surface area contributed by atoms with Crippen molar-refractivity contribution in [1.29, 1.82) is 5.26 Å². The van der Waals surface area contributed by atoms with Crippen LogP contribution in [0.15, 0.2) is 24.8 Å². The number of hydrogen-bond acceptors (Lipinski definition) is 7. The van der Waals surface area contributed by atoms with E-state index in [0.717, 1.165) is 18.3 Å². The fourth-order valence-electron chi connectivity index (χ4n) is 3.06. The molecule has 0 bridgehead atoms. The molecular weight excluding hydrogens is 302 g/mol. The van der Waals surface area contributed by atoms with Crippen molar-refractivity contribution in [2.24, 2.45) is 5.92 Å². The van der Waals surface area contributed by atoms with Crippen LogP contribution in [0.3, 0.4) is 0 Å². The zero-order valence-corrected chi connectivity index (χ0v) is 13.8. The van der Waals surface area contributed by atoms with E-state index in [1.54, 1.807) is 6.33 Å². The summed E-state index contributed by atoms with van der Waals surface area (Å²) in [6.07, 6.45) is 11.2. The molecule has 0 saturated heterocycles. The van der Waals surface area contributed by atoms with Gasteiger partial charge < -0.3 is 10.2 Å². The van der Waals surface area contributed by atoms with Gasteiger partial charge >= 0.3 is 0 Å². The van der Waals surface area contributed by atoms with Gasteiger partial charge in [-0.05, 0) is 18.8 Å². The Morgan fingerprint density at radius 1 is 1.12 bits per heavy atom. The molecule has 1 saturated carbocycles. The highest BCUT2D eigenvalue weighted by atomic mass is 15.2. The predicted molar refractivity (Wildman–Crippen MR) is 91.9 cm³/mol. The molecule has 7 nitrogen and oxygen atoms in total. The molecule has 3 rings (SSSR count). The number of hydrogen-bond donors (Lipinski definition) is 1. The first kappa shape index (κ1) is 16.1. The average Bonchev–Trinajstić information content (AvgIpc) is 2.63. The summed E-state index contributed by atoms with van der Waals surface area (Å²) in [7, 11) is 2.07. The second-order valence-corrected chi connectivity index (χ2v) is 6.17. The van der Waals surface area contributed by atoms with Crippen LogP contribution in [0.4, 0.5) is 17.5 Å². The van der Waals surface area contributed by atoms with Crippen LogP contribution >= 0.6 is 0 Å². The first-order chi connectivity index (χ1) is 11.7. The Morgan fingerprint density at radius 3 is 2.67 bits per heavy atom. The number of anilines is 3. The Balaban J connectivity index is 1.65. The summed E-state index contributed by atoms with van der Waals surface area (Å²) >= 11 is 0.